The lowest BCUT2D eigenvalue weighted by Gasteiger charge is -2.34. The summed E-state index contributed by atoms with van der Waals surface area (Å²) in [7, 11) is 0. The van der Waals surface area contributed by atoms with E-state index in [2.05, 4.69) is 19.2 Å². The molecule has 1 saturated heterocycles. The molecule has 1 saturated carbocycles. The smallest absolute Gasteiger partial charge is 0.0694 e. The SMILES string of the molecule is CCNCC1(COCC)CCOC1C1CC1. The average molecular weight is 227 g/mol. The second-order valence-electron chi connectivity index (χ2n) is 5.16. The maximum Gasteiger partial charge on any atom is 0.0694 e. The number of nitrogens with one attached hydrogen (secondary N) is 1. The molecule has 1 aliphatic heterocycles. The lowest BCUT2D eigenvalue weighted by Crippen LogP contribution is -2.45. The molecule has 0 aromatic heterocycles. The van der Waals surface area contributed by atoms with Crippen molar-refractivity contribution in [1.29, 1.82) is 0 Å². The molecule has 2 fully saturated rings. The Morgan fingerprint density at radius 1 is 1.38 bits per heavy atom. The van der Waals surface area contributed by atoms with Crippen molar-refractivity contribution < 1.29 is 9.47 Å². The first kappa shape index (κ1) is 12.3. The van der Waals surface area contributed by atoms with Crippen LogP contribution in [0.15, 0.2) is 0 Å². The van der Waals surface area contributed by atoms with Gasteiger partial charge in [-0.3, -0.25) is 0 Å². The molecule has 0 aromatic rings. The van der Waals surface area contributed by atoms with Gasteiger partial charge in [0.25, 0.3) is 0 Å². The topological polar surface area (TPSA) is 30.5 Å². The highest BCUT2D eigenvalue weighted by Crippen LogP contribution is 2.47. The molecule has 1 N–H and O–H groups in total. The summed E-state index contributed by atoms with van der Waals surface area (Å²) in [5.74, 6) is 0.807. The minimum absolute atomic E-state index is 0.243. The maximum atomic E-state index is 5.97. The molecule has 3 nitrogen and oxygen atoms in total. The molecule has 1 aliphatic carbocycles. The molecule has 16 heavy (non-hydrogen) atoms. The second-order valence-corrected chi connectivity index (χ2v) is 5.16. The Hall–Kier alpha value is -0.120. The first-order valence-electron chi connectivity index (χ1n) is 6.72. The number of hydrogen-bond donors (Lipinski definition) is 1. The Kier molecular flexibility index (Phi) is 4.22. The van der Waals surface area contributed by atoms with Gasteiger partial charge < -0.3 is 14.8 Å². The Bertz CT molecular complexity index is 208. The van der Waals surface area contributed by atoms with Gasteiger partial charge in [-0.1, -0.05) is 6.92 Å². The number of hydrogen-bond acceptors (Lipinski definition) is 3. The van der Waals surface area contributed by atoms with Crippen molar-refractivity contribution in [3.63, 3.8) is 0 Å². The molecule has 3 heteroatoms. The van der Waals surface area contributed by atoms with Gasteiger partial charge in [-0.05, 0) is 38.6 Å². The van der Waals surface area contributed by atoms with Crippen LogP contribution in [-0.4, -0.2) is 39.0 Å². The number of rotatable bonds is 7. The highest BCUT2D eigenvalue weighted by Gasteiger charge is 2.50. The molecule has 1 heterocycles. The summed E-state index contributed by atoms with van der Waals surface area (Å²) in [4.78, 5) is 0. The van der Waals surface area contributed by atoms with Gasteiger partial charge in [0.15, 0.2) is 0 Å². The summed E-state index contributed by atoms with van der Waals surface area (Å²) in [6, 6.07) is 0. The molecular formula is C13H25NO2. The fraction of sp³-hybridized carbons (Fsp3) is 1.00. The summed E-state index contributed by atoms with van der Waals surface area (Å²) in [5, 5.41) is 3.49. The van der Waals surface area contributed by atoms with Crippen LogP contribution in [0.4, 0.5) is 0 Å². The highest BCUT2D eigenvalue weighted by atomic mass is 16.5. The minimum Gasteiger partial charge on any atom is -0.381 e. The van der Waals surface area contributed by atoms with E-state index in [1.54, 1.807) is 0 Å². The molecule has 2 unspecified atom stereocenters. The largest absolute Gasteiger partial charge is 0.381 e. The average Bonchev–Trinajstić information content (AvgIpc) is 3.06. The van der Waals surface area contributed by atoms with E-state index in [1.165, 1.54) is 12.8 Å². The van der Waals surface area contributed by atoms with Crippen LogP contribution in [0.3, 0.4) is 0 Å². The highest BCUT2D eigenvalue weighted by molar-refractivity contribution is 5.00. The van der Waals surface area contributed by atoms with E-state index in [0.29, 0.717) is 6.10 Å². The Labute approximate surface area is 98.9 Å². The van der Waals surface area contributed by atoms with E-state index in [4.69, 9.17) is 9.47 Å². The van der Waals surface area contributed by atoms with Crippen LogP contribution in [0.25, 0.3) is 0 Å². The summed E-state index contributed by atoms with van der Waals surface area (Å²) in [6.07, 6.45) is 4.30. The van der Waals surface area contributed by atoms with Crippen molar-refractivity contribution in [2.75, 3.05) is 32.9 Å². The molecule has 0 amide bonds. The van der Waals surface area contributed by atoms with Crippen molar-refractivity contribution in [3.8, 4) is 0 Å². The van der Waals surface area contributed by atoms with Crippen molar-refractivity contribution in [2.24, 2.45) is 11.3 Å². The molecule has 94 valence electrons. The van der Waals surface area contributed by atoms with E-state index in [-0.39, 0.29) is 5.41 Å². The van der Waals surface area contributed by atoms with Crippen LogP contribution in [0.2, 0.25) is 0 Å². The predicted molar refractivity (Wildman–Crippen MR) is 64.6 cm³/mol. The third-order valence-electron chi connectivity index (χ3n) is 3.87. The zero-order valence-corrected chi connectivity index (χ0v) is 10.6. The monoisotopic (exact) mass is 227 g/mol. The normalized spacial score (nSPS) is 34.5. The van der Waals surface area contributed by atoms with E-state index in [1.807, 2.05) is 0 Å². The lowest BCUT2D eigenvalue weighted by molar-refractivity contribution is -0.0219. The fourth-order valence-corrected chi connectivity index (χ4v) is 2.82. The fourth-order valence-electron chi connectivity index (χ4n) is 2.82. The minimum atomic E-state index is 0.243. The van der Waals surface area contributed by atoms with Crippen molar-refractivity contribution in [2.45, 2.75) is 39.2 Å². The molecule has 2 atom stereocenters. The van der Waals surface area contributed by atoms with Crippen LogP contribution < -0.4 is 5.32 Å². The Balaban J connectivity index is 1.98. The quantitative estimate of drug-likeness (QED) is 0.719. The molecule has 2 rings (SSSR count). The van der Waals surface area contributed by atoms with Crippen LogP contribution in [0, 0.1) is 11.3 Å². The van der Waals surface area contributed by atoms with E-state index in [0.717, 1.165) is 45.2 Å². The Morgan fingerprint density at radius 3 is 2.81 bits per heavy atom. The van der Waals surface area contributed by atoms with Crippen LogP contribution in [0.1, 0.15) is 33.1 Å². The first-order chi connectivity index (χ1) is 7.82. The molecule has 0 bridgehead atoms. The van der Waals surface area contributed by atoms with Crippen molar-refractivity contribution >= 4 is 0 Å². The van der Waals surface area contributed by atoms with E-state index >= 15 is 0 Å². The van der Waals surface area contributed by atoms with Gasteiger partial charge in [0.05, 0.1) is 12.7 Å². The summed E-state index contributed by atoms with van der Waals surface area (Å²) >= 11 is 0. The zero-order chi connectivity index (χ0) is 11.4. The van der Waals surface area contributed by atoms with Crippen molar-refractivity contribution in [3.05, 3.63) is 0 Å². The van der Waals surface area contributed by atoms with Gasteiger partial charge >= 0.3 is 0 Å². The van der Waals surface area contributed by atoms with Gasteiger partial charge in [-0.15, -0.1) is 0 Å². The van der Waals surface area contributed by atoms with Crippen LogP contribution in [0.5, 0.6) is 0 Å². The lowest BCUT2D eigenvalue weighted by atomic mass is 9.79. The maximum absolute atomic E-state index is 5.97. The van der Waals surface area contributed by atoms with Gasteiger partial charge in [0.2, 0.25) is 0 Å². The summed E-state index contributed by atoms with van der Waals surface area (Å²) in [6.45, 7) is 8.90. The molecular weight excluding hydrogens is 202 g/mol. The second kappa shape index (κ2) is 5.48. The summed E-state index contributed by atoms with van der Waals surface area (Å²) in [5.41, 5.74) is 0.243. The van der Waals surface area contributed by atoms with Gasteiger partial charge in [0, 0.05) is 25.2 Å². The third kappa shape index (κ3) is 2.58. The van der Waals surface area contributed by atoms with E-state index < -0.39 is 0 Å². The summed E-state index contributed by atoms with van der Waals surface area (Å²) < 4.78 is 11.7. The number of ether oxygens (including phenoxy) is 2. The molecule has 2 aliphatic rings. The third-order valence-corrected chi connectivity index (χ3v) is 3.87. The zero-order valence-electron chi connectivity index (χ0n) is 10.6. The molecule has 0 aromatic carbocycles. The van der Waals surface area contributed by atoms with Gasteiger partial charge in [-0.2, -0.15) is 0 Å². The standard InChI is InChI=1S/C13H25NO2/c1-3-14-9-13(10-15-4-2)7-8-16-12(13)11-5-6-11/h11-12,14H,3-10H2,1-2H3. The van der Waals surface area contributed by atoms with Gasteiger partial charge in [-0.25, -0.2) is 0 Å². The Morgan fingerprint density at radius 2 is 2.19 bits per heavy atom. The first-order valence-corrected chi connectivity index (χ1v) is 6.72. The predicted octanol–water partition coefficient (Wildman–Crippen LogP) is 1.82. The van der Waals surface area contributed by atoms with Gasteiger partial charge in [0.1, 0.15) is 0 Å². The van der Waals surface area contributed by atoms with E-state index in [9.17, 15) is 0 Å². The van der Waals surface area contributed by atoms with Crippen LogP contribution in [-0.2, 0) is 9.47 Å². The van der Waals surface area contributed by atoms with Crippen molar-refractivity contribution in [1.82, 2.24) is 5.32 Å². The molecule has 0 radical (unpaired) electrons. The molecule has 0 spiro atoms. The van der Waals surface area contributed by atoms with Crippen LogP contribution >= 0.6 is 0 Å².